The number of hydrogen-bond acceptors (Lipinski definition) is 0. The minimum absolute atomic E-state index is 0.565. The Bertz CT molecular complexity index is 257. The molecule has 0 spiro atoms. The predicted molar refractivity (Wildman–Crippen MR) is 92.2 cm³/mol. The van der Waals surface area contributed by atoms with Crippen LogP contribution in [0.4, 0.5) is 0 Å². The van der Waals surface area contributed by atoms with Crippen LogP contribution in [0.2, 0.25) is 17.5 Å². The maximum absolute atomic E-state index is 3.83. The molecule has 0 rings (SSSR count). The fourth-order valence-corrected chi connectivity index (χ4v) is 3.79. The molecule has 0 radical (unpaired) electrons. The summed E-state index contributed by atoms with van der Waals surface area (Å²) in [6.45, 7) is 16.6. The third kappa shape index (κ3) is 4.59. The van der Waals surface area contributed by atoms with E-state index >= 15 is 0 Å². The summed E-state index contributed by atoms with van der Waals surface area (Å²) in [4.78, 5) is 0. The molecule has 0 saturated heterocycles. The molecule has 0 aromatic heterocycles. The fourth-order valence-electron chi connectivity index (χ4n) is 3.79. The molecule has 19 heavy (non-hydrogen) atoms. The first-order valence-corrected chi connectivity index (χ1v) is 8.68. The monoisotopic (exact) mass is 263 g/mol. The van der Waals surface area contributed by atoms with Gasteiger partial charge in [0.25, 0.3) is 0 Å². The SMILES string of the molecule is CCCCC#C[B-](C(C)CC)(C(C)CC)C(C)CC. The molecule has 0 aliphatic carbocycles. The Morgan fingerprint density at radius 3 is 1.53 bits per heavy atom. The van der Waals surface area contributed by atoms with E-state index in [1.54, 1.807) is 0 Å². The Morgan fingerprint density at radius 1 is 0.789 bits per heavy atom. The molecule has 3 atom stereocenters. The Kier molecular flexibility index (Phi) is 9.33. The van der Waals surface area contributed by atoms with Crippen LogP contribution in [0.1, 0.15) is 87.0 Å². The third-order valence-electron chi connectivity index (χ3n) is 5.76. The molecule has 0 amide bonds. The molecule has 0 nitrogen and oxygen atoms in total. The summed E-state index contributed by atoms with van der Waals surface area (Å²) in [6.07, 6.45) is 6.81. The van der Waals surface area contributed by atoms with Gasteiger partial charge in [0, 0.05) is 6.42 Å². The second kappa shape index (κ2) is 9.52. The van der Waals surface area contributed by atoms with Crippen molar-refractivity contribution in [2.24, 2.45) is 0 Å². The Hall–Kier alpha value is -0.375. The summed E-state index contributed by atoms with van der Waals surface area (Å²) < 4.78 is 0. The molecule has 0 aliphatic heterocycles. The van der Waals surface area contributed by atoms with Crippen LogP contribution in [0.5, 0.6) is 0 Å². The second-order valence-corrected chi connectivity index (χ2v) is 6.66. The summed E-state index contributed by atoms with van der Waals surface area (Å²) in [5, 5.41) is 0. The lowest BCUT2D eigenvalue weighted by atomic mass is 9.09. The first-order valence-electron chi connectivity index (χ1n) is 8.68. The molecular formula is C18H36B-. The summed E-state index contributed by atoms with van der Waals surface area (Å²) >= 11 is 0. The number of unbranched alkanes of at least 4 members (excludes halogenated alkanes) is 2. The molecule has 0 fully saturated rings. The van der Waals surface area contributed by atoms with E-state index in [0.717, 1.165) is 23.9 Å². The van der Waals surface area contributed by atoms with Gasteiger partial charge in [0.15, 0.2) is 0 Å². The molecule has 1 heteroatoms. The van der Waals surface area contributed by atoms with Crippen LogP contribution in [-0.2, 0) is 0 Å². The van der Waals surface area contributed by atoms with Crippen LogP contribution < -0.4 is 0 Å². The summed E-state index contributed by atoms with van der Waals surface area (Å²) in [7, 11) is 0. The number of rotatable bonds is 8. The minimum Gasteiger partial charge on any atom is -0.314 e. The first-order chi connectivity index (χ1) is 9.00. The van der Waals surface area contributed by atoms with E-state index in [0.29, 0.717) is 0 Å². The maximum atomic E-state index is 3.83. The summed E-state index contributed by atoms with van der Waals surface area (Å²) in [5.74, 6) is 9.63. The van der Waals surface area contributed by atoms with Gasteiger partial charge in [-0.1, -0.05) is 74.1 Å². The highest BCUT2D eigenvalue weighted by Crippen LogP contribution is 2.45. The average molecular weight is 263 g/mol. The average Bonchev–Trinajstić information content (AvgIpc) is 2.45. The van der Waals surface area contributed by atoms with Crippen LogP contribution in [0.25, 0.3) is 0 Å². The largest absolute Gasteiger partial charge is 0.314 e. The van der Waals surface area contributed by atoms with Crippen molar-refractivity contribution in [3.05, 3.63) is 0 Å². The van der Waals surface area contributed by atoms with Crippen LogP contribution in [0.3, 0.4) is 0 Å². The van der Waals surface area contributed by atoms with E-state index in [-0.39, 0.29) is 0 Å². The van der Waals surface area contributed by atoms with Gasteiger partial charge in [-0.25, -0.2) is 0 Å². The van der Waals surface area contributed by atoms with Gasteiger partial charge in [-0.2, -0.15) is 23.4 Å². The van der Waals surface area contributed by atoms with Crippen molar-refractivity contribution >= 4 is 6.15 Å². The molecule has 112 valence electrons. The lowest BCUT2D eigenvalue weighted by molar-refractivity contribution is 0.702. The van der Waals surface area contributed by atoms with Gasteiger partial charge in [-0.15, -0.1) is 0 Å². The molecule has 0 saturated carbocycles. The maximum Gasteiger partial charge on any atom is 0.0787 e. The van der Waals surface area contributed by atoms with Crippen molar-refractivity contribution in [1.82, 2.24) is 0 Å². The highest BCUT2D eigenvalue weighted by molar-refractivity contribution is 6.90. The van der Waals surface area contributed by atoms with Gasteiger partial charge in [0.1, 0.15) is 0 Å². The zero-order valence-corrected chi connectivity index (χ0v) is 14.6. The third-order valence-corrected chi connectivity index (χ3v) is 5.76. The molecule has 0 aromatic carbocycles. The van der Waals surface area contributed by atoms with E-state index in [2.05, 4.69) is 60.2 Å². The quantitative estimate of drug-likeness (QED) is 0.264. The zero-order valence-electron chi connectivity index (χ0n) is 14.6. The molecular weight excluding hydrogens is 227 g/mol. The predicted octanol–water partition coefficient (Wildman–Crippen LogP) is 6.57. The van der Waals surface area contributed by atoms with Gasteiger partial charge in [-0.05, 0) is 6.42 Å². The highest BCUT2D eigenvalue weighted by Gasteiger charge is 2.36. The van der Waals surface area contributed by atoms with Gasteiger partial charge >= 0.3 is 0 Å². The molecule has 0 aliphatic rings. The molecule has 3 unspecified atom stereocenters. The van der Waals surface area contributed by atoms with Crippen molar-refractivity contribution in [3.63, 3.8) is 0 Å². The Balaban J connectivity index is 5.40. The number of hydrogen-bond donors (Lipinski definition) is 0. The molecule has 0 aromatic rings. The van der Waals surface area contributed by atoms with E-state index in [1.807, 2.05) is 0 Å². The summed E-state index contributed by atoms with van der Waals surface area (Å²) in [6, 6.07) is 0. The van der Waals surface area contributed by atoms with E-state index < -0.39 is 6.15 Å². The first kappa shape index (κ1) is 18.6. The lowest BCUT2D eigenvalue weighted by Gasteiger charge is -2.50. The topological polar surface area (TPSA) is 0 Å². The van der Waals surface area contributed by atoms with Crippen molar-refractivity contribution in [2.45, 2.75) is 104 Å². The van der Waals surface area contributed by atoms with Crippen LogP contribution >= 0.6 is 0 Å². The van der Waals surface area contributed by atoms with Crippen molar-refractivity contribution in [1.29, 1.82) is 0 Å². The van der Waals surface area contributed by atoms with E-state index in [9.17, 15) is 0 Å². The van der Waals surface area contributed by atoms with E-state index in [4.69, 9.17) is 0 Å². The van der Waals surface area contributed by atoms with Crippen LogP contribution in [-0.4, -0.2) is 6.15 Å². The Labute approximate surface area is 123 Å². The second-order valence-electron chi connectivity index (χ2n) is 6.66. The minimum atomic E-state index is -0.565. The molecule has 0 bridgehead atoms. The highest BCUT2D eigenvalue weighted by atomic mass is 14.2. The molecule has 0 heterocycles. The lowest BCUT2D eigenvalue weighted by Crippen LogP contribution is -2.45. The van der Waals surface area contributed by atoms with Crippen molar-refractivity contribution in [2.75, 3.05) is 0 Å². The Morgan fingerprint density at radius 2 is 1.21 bits per heavy atom. The zero-order chi connectivity index (χ0) is 14.9. The normalized spacial score (nSPS) is 18.9. The smallest absolute Gasteiger partial charge is 0.0787 e. The van der Waals surface area contributed by atoms with Gasteiger partial charge in [0.2, 0.25) is 0 Å². The molecule has 0 N–H and O–H groups in total. The van der Waals surface area contributed by atoms with Gasteiger partial charge in [0.05, 0.1) is 6.15 Å². The van der Waals surface area contributed by atoms with Crippen molar-refractivity contribution in [3.8, 4) is 11.7 Å². The van der Waals surface area contributed by atoms with Crippen molar-refractivity contribution < 1.29 is 0 Å². The van der Waals surface area contributed by atoms with E-state index in [1.165, 1.54) is 32.1 Å². The van der Waals surface area contributed by atoms with Crippen LogP contribution in [0, 0.1) is 11.7 Å². The standard InChI is InChI=1S/C18H36B/c1-8-12-13-14-15-19(16(5)9-2,17(6)10-3)18(7)11-4/h16-18H,8-13H2,1-7H3/q-1. The van der Waals surface area contributed by atoms with Gasteiger partial charge < -0.3 is 5.82 Å². The fraction of sp³-hybridized carbons (Fsp3) is 0.889. The van der Waals surface area contributed by atoms with Crippen LogP contribution in [0.15, 0.2) is 0 Å². The summed E-state index contributed by atoms with van der Waals surface area (Å²) in [5.41, 5.74) is 0. The van der Waals surface area contributed by atoms with Gasteiger partial charge in [-0.3, -0.25) is 0 Å².